The smallest absolute Gasteiger partial charge is 0.416 e. The maximum atomic E-state index is 12.9. The van der Waals surface area contributed by atoms with Crippen molar-refractivity contribution in [3.8, 4) is 11.5 Å². The van der Waals surface area contributed by atoms with Crippen LogP contribution in [0.2, 0.25) is 0 Å². The van der Waals surface area contributed by atoms with Gasteiger partial charge in [0.15, 0.2) is 0 Å². The molecule has 1 unspecified atom stereocenters. The first-order valence-electron chi connectivity index (χ1n) is 11.6. The van der Waals surface area contributed by atoms with E-state index in [4.69, 9.17) is 9.47 Å². The summed E-state index contributed by atoms with van der Waals surface area (Å²) in [6, 6.07) is 9.40. The molecule has 0 saturated carbocycles. The van der Waals surface area contributed by atoms with E-state index < -0.39 is 54.7 Å². The van der Waals surface area contributed by atoms with E-state index in [9.17, 15) is 32.3 Å². The van der Waals surface area contributed by atoms with Crippen LogP contribution >= 0.6 is 0 Å². The summed E-state index contributed by atoms with van der Waals surface area (Å²) in [6.07, 6.45) is -5.33. The number of hydrogen-bond donors (Lipinski definition) is 3. The highest BCUT2D eigenvalue weighted by Crippen LogP contribution is 2.32. The van der Waals surface area contributed by atoms with Crippen LogP contribution in [0.4, 0.5) is 18.0 Å². The van der Waals surface area contributed by atoms with Gasteiger partial charge in [0.2, 0.25) is 11.8 Å². The molecule has 2 aromatic rings. The van der Waals surface area contributed by atoms with Gasteiger partial charge in [0.05, 0.1) is 18.8 Å². The number of esters is 1. The van der Waals surface area contributed by atoms with Gasteiger partial charge >= 0.3 is 18.2 Å². The molecule has 0 fully saturated rings. The van der Waals surface area contributed by atoms with Crippen LogP contribution < -0.4 is 20.7 Å². The van der Waals surface area contributed by atoms with Gasteiger partial charge in [-0.25, -0.2) is 4.79 Å². The van der Waals surface area contributed by atoms with Crippen molar-refractivity contribution in [2.75, 3.05) is 26.3 Å². The van der Waals surface area contributed by atoms with E-state index in [-0.39, 0.29) is 31.1 Å². The fourth-order valence-corrected chi connectivity index (χ4v) is 3.08. The van der Waals surface area contributed by atoms with Crippen molar-refractivity contribution < 1.29 is 46.6 Å². The number of rotatable bonds is 12. The summed E-state index contributed by atoms with van der Waals surface area (Å²) in [5.41, 5.74) is -0.284. The van der Waals surface area contributed by atoms with Crippen LogP contribution in [-0.2, 0) is 36.5 Å². The molecule has 38 heavy (non-hydrogen) atoms. The van der Waals surface area contributed by atoms with Gasteiger partial charge in [0.25, 0.3) is 0 Å². The van der Waals surface area contributed by atoms with Gasteiger partial charge in [-0.05, 0) is 49.7 Å². The van der Waals surface area contributed by atoms with Crippen LogP contribution in [0.3, 0.4) is 0 Å². The highest BCUT2D eigenvalue weighted by atomic mass is 19.4. The molecular weight excluding hydrogens is 511 g/mol. The van der Waals surface area contributed by atoms with Crippen LogP contribution in [0.5, 0.6) is 11.5 Å². The monoisotopic (exact) mass is 539 g/mol. The lowest BCUT2D eigenvalue weighted by Crippen LogP contribution is -2.51. The highest BCUT2D eigenvalue weighted by Gasteiger charge is 2.30. The summed E-state index contributed by atoms with van der Waals surface area (Å²) in [5, 5.41) is 7.10. The summed E-state index contributed by atoms with van der Waals surface area (Å²) < 4.78 is 53.7. The number of benzene rings is 2. The van der Waals surface area contributed by atoms with Crippen molar-refractivity contribution in [1.29, 1.82) is 0 Å². The third kappa shape index (κ3) is 10.4. The highest BCUT2D eigenvalue weighted by molar-refractivity contribution is 5.91. The van der Waals surface area contributed by atoms with Gasteiger partial charge < -0.3 is 30.2 Å². The number of amides is 3. The Labute approximate surface area is 216 Å². The van der Waals surface area contributed by atoms with E-state index in [1.165, 1.54) is 24.3 Å². The molecule has 0 aliphatic rings. The van der Waals surface area contributed by atoms with E-state index in [0.717, 1.165) is 12.1 Å². The fourth-order valence-electron chi connectivity index (χ4n) is 3.08. The van der Waals surface area contributed by atoms with Gasteiger partial charge in [-0.1, -0.05) is 18.2 Å². The number of alkyl halides is 3. The molecule has 3 N–H and O–H groups in total. The second-order valence-electron chi connectivity index (χ2n) is 7.69. The minimum Gasteiger partial charge on any atom is -0.465 e. The number of hydrogen-bond acceptors (Lipinski definition) is 7. The van der Waals surface area contributed by atoms with E-state index in [2.05, 4.69) is 20.7 Å². The Morgan fingerprint density at radius 1 is 0.868 bits per heavy atom. The lowest BCUT2D eigenvalue weighted by Gasteiger charge is -2.19. The molecule has 0 bridgehead atoms. The van der Waals surface area contributed by atoms with E-state index in [1.54, 1.807) is 26.0 Å². The Morgan fingerprint density at radius 2 is 1.55 bits per heavy atom. The normalized spacial score (nSPS) is 11.6. The third-order valence-electron chi connectivity index (χ3n) is 4.79. The Hall–Kier alpha value is -4.29. The van der Waals surface area contributed by atoms with Gasteiger partial charge in [-0.3, -0.25) is 14.4 Å². The Morgan fingerprint density at radius 3 is 2.18 bits per heavy atom. The zero-order chi connectivity index (χ0) is 28.1. The zero-order valence-electron chi connectivity index (χ0n) is 20.7. The van der Waals surface area contributed by atoms with Crippen LogP contribution in [0.15, 0.2) is 48.5 Å². The molecule has 0 heterocycles. The minimum absolute atomic E-state index is 0.00911. The average molecular weight is 540 g/mol. The fraction of sp³-hybridized carbons (Fsp3) is 0.360. The van der Waals surface area contributed by atoms with Crippen LogP contribution in [0.25, 0.3) is 0 Å². The summed E-state index contributed by atoms with van der Waals surface area (Å²) >= 11 is 0. The van der Waals surface area contributed by atoms with Crippen molar-refractivity contribution >= 4 is 23.9 Å². The first-order valence-corrected chi connectivity index (χ1v) is 11.6. The minimum atomic E-state index is -4.51. The topological polar surface area (TPSA) is 132 Å². The number of ether oxygens (including phenoxy) is 3. The Bertz CT molecular complexity index is 1110. The van der Waals surface area contributed by atoms with Crippen molar-refractivity contribution in [1.82, 2.24) is 16.0 Å². The molecule has 0 spiro atoms. The van der Waals surface area contributed by atoms with Crippen LogP contribution in [0, 0.1) is 0 Å². The van der Waals surface area contributed by atoms with Crippen molar-refractivity contribution in [2.45, 2.75) is 32.5 Å². The largest absolute Gasteiger partial charge is 0.465 e. The first kappa shape index (κ1) is 29.9. The van der Waals surface area contributed by atoms with Gasteiger partial charge in [0.1, 0.15) is 30.6 Å². The lowest BCUT2D eigenvalue weighted by molar-refractivity contribution is -0.143. The van der Waals surface area contributed by atoms with Crippen molar-refractivity contribution in [3.63, 3.8) is 0 Å². The molecule has 0 aromatic heterocycles. The van der Waals surface area contributed by atoms with E-state index >= 15 is 0 Å². The molecule has 10 nitrogen and oxygen atoms in total. The van der Waals surface area contributed by atoms with E-state index in [0.29, 0.717) is 5.56 Å². The zero-order valence-corrected chi connectivity index (χ0v) is 20.7. The third-order valence-corrected chi connectivity index (χ3v) is 4.79. The standard InChI is InChI=1S/C25H28F3N3O7/c1-3-36-22(33)15-29-23(34)20(31-21(32)14-30-24(35)37-4-2)12-16-8-10-18(11-9-16)38-19-7-5-6-17(13-19)25(26,27)28/h5-11,13,20H,3-4,12,14-15H2,1-2H3,(H,29,34)(H,30,35)(H,31,32). The molecule has 206 valence electrons. The molecule has 1 atom stereocenters. The molecule has 2 rings (SSSR count). The van der Waals surface area contributed by atoms with Gasteiger partial charge in [0, 0.05) is 6.42 Å². The molecule has 0 saturated heterocycles. The summed E-state index contributed by atoms with van der Waals surface area (Å²) in [4.78, 5) is 48.0. The van der Waals surface area contributed by atoms with E-state index in [1.807, 2.05) is 0 Å². The molecular formula is C25H28F3N3O7. The maximum absolute atomic E-state index is 12.9. The Balaban J connectivity index is 2.08. The van der Waals surface area contributed by atoms with Crippen LogP contribution in [-0.4, -0.2) is 56.2 Å². The number of alkyl carbamates (subject to hydrolysis) is 1. The molecule has 0 radical (unpaired) electrons. The lowest BCUT2D eigenvalue weighted by atomic mass is 10.0. The van der Waals surface area contributed by atoms with Crippen LogP contribution in [0.1, 0.15) is 25.0 Å². The predicted octanol–water partition coefficient (Wildman–Crippen LogP) is 2.95. The molecule has 0 aliphatic heterocycles. The maximum Gasteiger partial charge on any atom is 0.416 e. The summed E-state index contributed by atoms with van der Waals surface area (Å²) in [7, 11) is 0. The average Bonchev–Trinajstić information content (AvgIpc) is 2.87. The number of nitrogens with one attached hydrogen (secondary N) is 3. The second-order valence-corrected chi connectivity index (χ2v) is 7.69. The SMILES string of the molecule is CCOC(=O)CNC(=O)C(Cc1ccc(Oc2cccc(C(F)(F)F)c2)cc1)NC(=O)CNC(=O)OCC. The number of carbonyl (C=O) groups is 4. The quantitative estimate of drug-likeness (QED) is 0.354. The number of carbonyl (C=O) groups excluding carboxylic acids is 4. The Kier molecular flexibility index (Phi) is 11.4. The second kappa shape index (κ2) is 14.4. The van der Waals surface area contributed by atoms with Crippen molar-refractivity contribution in [2.24, 2.45) is 0 Å². The van der Waals surface area contributed by atoms with Gasteiger partial charge in [-0.15, -0.1) is 0 Å². The molecule has 2 aromatic carbocycles. The predicted molar refractivity (Wildman–Crippen MR) is 128 cm³/mol. The summed E-state index contributed by atoms with van der Waals surface area (Å²) in [6.45, 7) is 2.58. The van der Waals surface area contributed by atoms with Crippen molar-refractivity contribution in [3.05, 3.63) is 59.7 Å². The number of halogens is 3. The van der Waals surface area contributed by atoms with Gasteiger partial charge in [-0.2, -0.15) is 13.2 Å². The molecule has 3 amide bonds. The summed E-state index contributed by atoms with van der Waals surface area (Å²) in [5.74, 6) is -1.78. The molecule has 13 heteroatoms. The first-order chi connectivity index (χ1) is 18.0. The molecule has 0 aliphatic carbocycles.